The van der Waals surface area contributed by atoms with Gasteiger partial charge in [0.05, 0.1) is 5.69 Å². The van der Waals surface area contributed by atoms with Crippen LogP contribution in [0.5, 0.6) is 5.88 Å². The number of hydrogen-bond donors (Lipinski definition) is 1. The molecule has 118 valence electrons. The fourth-order valence-electron chi connectivity index (χ4n) is 2.79. The summed E-state index contributed by atoms with van der Waals surface area (Å²) in [7, 11) is 0. The minimum Gasteiger partial charge on any atom is -0.493 e. The van der Waals surface area contributed by atoms with E-state index < -0.39 is 5.82 Å². The van der Waals surface area contributed by atoms with E-state index >= 15 is 4.39 Å². The predicted molar refractivity (Wildman–Crippen MR) is 94.6 cm³/mol. The first kappa shape index (κ1) is 14.8. The Labute approximate surface area is 142 Å². The molecule has 0 amide bonds. The van der Waals surface area contributed by atoms with E-state index in [1.165, 1.54) is 0 Å². The fraction of sp³-hybridized carbons (Fsp3) is 0.0526. The number of rotatable bonds is 2. The van der Waals surface area contributed by atoms with Crippen molar-refractivity contribution in [3.05, 3.63) is 65.6 Å². The van der Waals surface area contributed by atoms with Crippen molar-refractivity contribution in [2.45, 2.75) is 6.92 Å². The number of aryl methyl sites for hydroxylation is 1. The molecule has 3 heterocycles. The molecule has 5 heteroatoms. The number of nitrogens with zero attached hydrogens (tertiary/aromatic N) is 2. The topological polar surface area (TPSA) is 46.0 Å². The third kappa shape index (κ3) is 2.34. The number of pyridine rings is 2. The standard InChI is InChI=1S/C19H13FN2OS/c1-11-5-6-13(19(23)22-11)12-3-2-4-15(17(12)20)18-14-8-10-24-16(14)7-9-21-18/h2-10H,1H3,(H,22,23). The summed E-state index contributed by atoms with van der Waals surface area (Å²) in [5.74, 6) is -0.586. The Hall–Kier alpha value is -2.79. The normalized spacial score (nSPS) is 11.1. The van der Waals surface area contributed by atoms with Gasteiger partial charge in [-0.15, -0.1) is 11.3 Å². The van der Waals surface area contributed by atoms with Gasteiger partial charge in [-0.2, -0.15) is 0 Å². The van der Waals surface area contributed by atoms with Gasteiger partial charge in [-0.25, -0.2) is 9.37 Å². The Balaban J connectivity index is 1.95. The molecule has 0 saturated carbocycles. The minimum absolute atomic E-state index is 0.173. The average molecular weight is 336 g/mol. The van der Waals surface area contributed by atoms with Crippen LogP contribution in [0.4, 0.5) is 4.39 Å². The number of aromatic hydroxyl groups is 1. The zero-order chi connectivity index (χ0) is 16.7. The van der Waals surface area contributed by atoms with Crippen molar-refractivity contribution in [2.24, 2.45) is 0 Å². The van der Waals surface area contributed by atoms with Gasteiger partial charge in [0.1, 0.15) is 5.82 Å². The molecule has 3 nitrogen and oxygen atoms in total. The Bertz CT molecular complexity index is 1060. The maximum atomic E-state index is 15.2. The molecule has 0 atom stereocenters. The Morgan fingerprint density at radius 1 is 1.00 bits per heavy atom. The first-order valence-electron chi connectivity index (χ1n) is 7.43. The third-order valence-electron chi connectivity index (χ3n) is 3.94. The molecule has 0 saturated heterocycles. The molecule has 1 N–H and O–H groups in total. The summed E-state index contributed by atoms with van der Waals surface area (Å²) in [6.45, 7) is 1.78. The van der Waals surface area contributed by atoms with Gasteiger partial charge in [0.25, 0.3) is 0 Å². The molecule has 0 fully saturated rings. The molecule has 0 bridgehead atoms. The van der Waals surface area contributed by atoms with Crippen molar-refractivity contribution in [3.63, 3.8) is 0 Å². The summed E-state index contributed by atoms with van der Waals surface area (Å²) in [6.07, 6.45) is 1.69. The first-order chi connectivity index (χ1) is 11.6. The van der Waals surface area contributed by atoms with Gasteiger partial charge in [0.2, 0.25) is 5.88 Å². The smallest absolute Gasteiger partial charge is 0.219 e. The van der Waals surface area contributed by atoms with Gasteiger partial charge >= 0.3 is 0 Å². The van der Waals surface area contributed by atoms with Crippen molar-refractivity contribution >= 4 is 21.4 Å². The molecule has 0 spiro atoms. The molecule has 0 unspecified atom stereocenters. The van der Waals surface area contributed by atoms with Crippen molar-refractivity contribution in [1.82, 2.24) is 9.97 Å². The van der Waals surface area contributed by atoms with E-state index in [4.69, 9.17) is 0 Å². The fourth-order valence-corrected chi connectivity index (χ4v) is 3.57. The first-order valence-corrected chi connectivity index (χ1v) is 8.31. The lowest BCUT2D eigenvalue weighted by Gasteiger charge is -2.10. The van der Waals surface area contributed by atoms with Gasteiger partial charge in [-0.1, -0.05) is 12.1 Å². The molecule has 24 heavy (non-hydrogen) atoms. The van der Waals surface area contributed by atoms with Crippen LogP contribution in [-0.4, -0.2) is 15.1 Å². The van der Waals surface area contributed by atoms with Crippen LogP contribution >= 0.6 is 11.3 Å². The van der Waals surface area contributed by atoms with Gasteiger partial charge in [0, 0.05) is 38.7 Å². The lowest BCUT2D eigenvalue weighted by atomic mass is 9.99. The van der Waals surface area contributed by atoms with Crippen molar-refractivity contribution in [2.75, 3.05) is 0 Å². The Morgan fingerprint density at radius 2 is 1.83 bits per heavy atom. The van der Waals surface area contributed by atoms with E-state index in [1.807, 2.05) is 17.5 Å². The molecular weight excluding hydrogens is 323 g/mol. The van der Waals surface area contributed by atoms with Crippen molar-refractivity contribution in [3.8, 4) is 28.3 Å². The lowest BCUT2D eigenvalue weighted by Crippen LogP contribution is -1.93. The summed E-state index contributed by atoms with van der Waals surface area (Å²) in [5.41, 5.74) is 2.38. The molecule has 0 aliphatic carbocycles. The van der Waals surface area contributed by atoms with Crippen LogP contribution in [0.15, 0.2) is 54.0 Å². The second-order valence-electron chi connectivity index (χ2n) is 5.48. The molecule has 4 rings (SSSR count). The molecule has 0 aliphatic heterocycles. The highest BCUT2D eigenvalue weighted by molar-refractivity contribution is 7.17. The third-order valence-corrected chi connectivity index (χ3v) is 4.82. The van der Waals surface area contributed by atoms with E-state index in [9.17, 15) is 5.11 Å². The minimum atomic E-state index is -0.412. The van der Waals surface area contributed by atoms with Crippen molar-refractivity contribution in [1.29, 1.82) is 0 Å². The van der Waals surface area contributed by atoms with Crippen LogP contribution in [0.1, 0.15) is 5.69 Å². The van der Waals surface area contributed by atoms with Crippen LogP contribution in [0.2, 0.25) is 0 Å². The Morgan fingerprint density at radius 3 is 2.67 bits per heavy atom. The molecule has 1 aromatic carbocycles. The number of halogens is 1. The number of thiophene rings is 1. The quantitative estimate of drug-likeness (QED) is 0.549. The number of hydrogen-bond acceptors (Lipinski definition) is 4. The van der Waals surface area contributed by atoms with E-state index in [2.05, 4.69) is 9.97 Å². The Kier molecular flexibility index (Phi) is 3.50. The highest BCUT2D eigenvalue weighted by Crippen LogP contribution is 2.36. The van der Waals surface area contributed by atoms with Crippen LogP contribution < -0.4 is 0 Å². The maximum absolute atomic E-state index is 15.2. The van der Waals surface area contributed by atoms with E-state index in [0.717, 1.165) is 10.1 Å². The summed E-state index contributed by atoms with van der Waals surface area (Å²) in [4.78, 5) is 8.38. The monoisotopic (exact) mass is 336 g/mol. The highest BCUT2D eigenvalue weighted by Gasteiger charge is 2.17. The number of aromatic nitrogens is 2. The van der Waals surface area contributed by atoms with Crippen molar-refractivity contribution < 1.29 is 9.50 Å². The second-order valence-corrected chi connectivity index (χ2v) is 6.43. The van der Waals surface area contributed by atoms with Gasteiger partial charge in [-0.3, -0.25) is 4.98 Å². The summed E-state index contributed by atoms with van der Waals surface area (Å²) >= 11 is 1.59. The summed E-state index contributed by atoms with van der Waals surface area (Å²) in [5, 5.41) is 13.0. The largest absolute Gasteiger partial charge is 0.493 e. The summed E-state index contributed by atoms with van der Waals surface area (Å²) < 4.78 is 16.2. The number of fused-ring (bicyclic) bond motifs is 1. The number of benzene rings is 1. The zero-order valence-electron chi connectivity index (χ0n) is 12.8. The lowest BCUT2D eigenvalue weighted by molar-refractivity contribution is 0.454. The molecule has 3 aromatic heterocycles. The van der Waals surface area contributed by atoms with Gasteiger partial charge < -0.3 is 5.11 Å². The SMILES string of the molecule is Cc1ccc(-c2cccc(-c3nccc4sccc34)c2F)c(O)n1. The average Bonchev–Trinajstić information content (AvgIpc) is 3.04. The highest BCUT2D eigenvalue weighted by atomic mass is 32.1. The van der Waals surface area contributed by atoms with E-state index in [0.29, 0.717) is 28.1 Å². The molecule has 0 radical (unpaired) electrons. The zero-order valence-corrected chi connectivity index (χ0v) is 13.6. The van der Waals surface area contributed by atoms with Gasteiger partial charge in [0.15, 0.2) is 0 Å². The van der Waals surface area contributed by atoms with Crippen LogP contribution in [0.25, 0.3) is 32.5 Å². The van der Waals surface area contributed by atoms with Crippen LogP contribution in [0.3, 0.4) is 0 Å². The van der Waals surface area contributed by atoms with E-state index in [1.54, 1.807) is 54.8 Å². The molecule has 4 aromatic rings. The van der Waals surface area contributed by atoms with Crippen LogP contribution in [-0.2, 0) is 0 Å². The summed E-state index contributed by atoms with van der Waals surface area (Å²) in [6, 6.07) is 12.4. The van der Waals surface area contributed by atoms with Crippen LogP contribution in [0, 0.1) is 12.7 Å². The maximum Gasteiger partial charge on any atom is 0.219 e. The van der Waals surface area contributed by atoms with E-state index in [-0.39, 0.29) is 5.88 Å². The molecule has 0 aliphatic rings. The van der Waals surface area contributed by atoms with Gasteiger partial charge in [-0.05, 0) is 42.6 Å². The second kappa shape index (κ2) is 5.69. The molecular formula is C19H13FN2OS. The predicted octanol–water partition coefficient (Wildman–Crippen LogP) is 5.18.